The van der Waals surface area contributed by atoms with E-state index in [1.165, 1.54) is 24.8 Å². The summed E-state index contributed by atoms with van der Waals surface area (Å²) >= 11 is 3.47. The zero-order valence-corrected chi connectivity index (χ0v) is 12.9. The molecule has 1 aromatic heterocycles. The van der Waals surface area contributed by atoms with Gasteiger partial charge in [-0.2, -0.15) is 0 Å². The molecule has 0 aliphatic heterocycles. The number of hydrogen-bond donors (Lipinski definition) is 0. The minimum atomic E-state index is 0.499. The summed E-state index contributed by atoms with van der Waals surface area (Å²) in [5.41, 5.74) is 1.24. The summed E-state index contributed by atoms with van der Waals surface area (Å²) < 4.78 is 1.05. The molecule has 0 radical (unpaired) electrons. The first-order chi connectivity index (χ1) is 8.06. The van der Waals surface area contributed by atoms with Crippen LogP contribution in [0.3, 0.4) is 0 Å². The summed E-state index contributed by atoms with van der Waals surface area (Å²) in [4.78, 5) is 6.96. The number of halogens is 1. The predicted octanol–water partition coefficient (Wildman–Crippen LogP) is 4.56. The Kier molecular flexibility index (Phi) is 5.96. The SMILES string of the molecule is CCCCCN(c1ncc(Br)cc1C)C(C)C. The van der Waals surface area contributed by atoms with Gasteiger partial charge in [0.15, 0.2) is 0 Å². The van der Waals surface area contributed by atoms with Gasteiger partial charge in [0.25, 0.3) is 0 Å². The molecular formula is C14H23BrN2. The molecule has 0 aromatic carbocycles. The van der Waals surface area contributed by atoms with Crippen LogP contribution in [0.4, 0.5) is 5.82 Å². The Morgan fingerprint density at radius 2 is 2.06 bits per heavy atom. The highest BCUT2D eigenvalue weighted by Crippen LogP contribution is 2.22. The van der Waals surface area contributed by atoms with Crippen molar-refractivity contribution in [2.75, 3.05) is 11.4 Å². The summed E-state index contributed by atoms with van der Waals surface area (Å²) in [6, 6.07) is 2.64. The van der Waals surface area contributed by atoms with Gasteiger partial charge in [0, 0.05) is 23.3 Å². The maximum Gasteiger partial charge on any atom is 0.131 e. The Morgan fingerprint density at radius 1 is 1.35 bits per heavy atom. The lowest BCUT2D eigenvalue weighted by Gasteiger charge is -2.29. The second-order valence-corrected chi connectivity index (χ2v) is 5.70. The third-order valence-electron chi connectivity index (χ3n) is 2.92. The first kappa shape index (κ1) is 14.5. The van der Waals surface area contributed by atoms with Crippen LogP contribution in [0.1, 0.15) is 45.6 Å². The van der Waals surface area contributed by atoms with Crippen LogP contribution in [-0.4, -0.2) is 17.6 Å². The van der Waals surface area contributed by atoms with Crippen molar-refractivity contribution in [3.63, 3.8) is 0 Å². The monoisotopic (exact) mass is 298 g/mol. The maximum atomic E-state index is 4.56. The molecule has 17 heavy (non-hydrogen) atoms. The third kappa shape index (κ3) is 4.30. The molecule has 0 bridgehead atoms. The molecular weight excluding hydrogens is 276 g/mol. The molecule has 0 saturated carbocycles. The van der Waals surface area contributed by atoms with E-state index in [4.69, 9.17) is 0 Å². The summed E-state index contributed by atoms with van der Waals surface area (Å²) in [5.74, 6) is 1.12. The summed E-state index contributed by atoms with van der Waals surface area (Å²) in [6.45, 7) is 9.93. The molecule has 0 atom stereocenters. The van der Waals surface area contributed by atoms with Gasteiger partial charge in [0.2, 0.25) is 0 Å². The number of aromatic nitrogens is 1. The van der Waals surface area contributed by atoms with Crippen molar-refractivity contribution in [2.24, 2.45) is 0 Å². The van der Waals surface area contributed by atoms with Gasteiger partial charge in [0.1, 0.15) is 5.82 Å². The molecule has 0 amide bonds. The first-order valence-corrected chi connectivity index (χ1v) is 7.24. The van der Waals surface area contributed by atoms with Gasteiger partial charge in [-0.1, -0.05) is 19.8 Å². The smallest absolute Gasteiger partial charge is 0.131 e. The highest BCUT2D eigenvalue weighted by molar-refractivity contribution is 9.10. The molecule has 0 unspecified atom stereocenters. The van der Waals surface area contributed by atoms with Crippen molar-refractivity contribution in [1.29, 1.82) is 0 Å². The molecule has 96 valence electrons. The van der Waals surface area contributed by atoms with Crippen molar-refractivity contribution in [2.45, 2.75) is 53.0 Å². The van der Waals surface area contributed by atoms with Gasteiger partial charge in [-0.05, 0) is 54.8 Å². The zero-order chi connectivity index (χ0) is 12.8. The fourth-order valence-electron chi connectivity index (χ4n) is 1.97. The predicted molar refractivity (Wildman–Crippen MR) is 78.7 cm³/mol. The minimum Gasteiger partial charge on any atom is -0.354 e. The number of anilines is 1. The Bertz CT molecular complexity index is 350. The molecule has 3 heteroatoms. The third-order valence-corrected chi connectivity index (χ3v) is 3.35. The molecule has 0 spiro atoms. The lowest BCUT2D eigenvalue weighted by molar-refractivity contribution is 0.618. The van der Waals surface area contributed by atoms with Crippen molar-refractivity contribution in [3.05, 3.63) is 22.3 Å². The van der Waals surface area contributed by atoms with Crippen LogP contribution in [0.25, 0.3) is 0 Å². The summed E-state index contributed by atoms with van der Waals surface area (Å²) in [6.07, 6.45) is 5.68. The lowest BCUT2D eigenvalue weighted by atomic mass is 10.2. The van der Waals surface area contributed by atoms with E-state index >= 15 is 0 Å². The van der Waals surface area contributed by atoms with Gasteiger partial charge in [-0.25, -0.2) is 4.98 Å². The van der Waals surface area contributed by atoms with E-state index in [9.17, 15) is 0 Å². The van der Waals surface area contributed by atoms with Crippen LogP contribution in [-0.2, 0) is 0 Å². The molecule has 0 N–H and O–H groups in total. The van der Waals surface area contributed by atoms with Crippen molar-refractivity contribution in [1.82, 2.24) is 4.98 Å². The fraction of sp³-hybridized carbons (Fsp3) is 0.643. The van der Waals surface area contributed by atoms with Gasteiger partial charge in [-0.3, -0.25) is 0 Å². The Morgan fingerprint density at radius 3 is 2.59 bits per heavy atom. The molecule has 0 saturated heterocycles. The molecule has 0 aliphatic rings. The number of aryl methyl sites for hydroxylation is 1. The van der Waals surface area contributed by atoms with Gasteiger partial charge in [0.05, 0.1) is 0 Å². The Hall–Kier alpha value is -0.570. The molecule has 1 heterocycles. The van der Waals surface area contributed by atoms with Crippen LogP contribution in [0.2, 0.25) is 0 Å². The van der Waals surface area contributed by atoms with E-state index in [1.807, 2.05) is 6.20 Å². The van der Waals surface area contributed by atoms with E-state index in [-0.39, 0.29) is 0 Å². The van der Waals surface area contributed by atoms with Gasteiger partial charge < -0.3 is 4.90 Å². The van der Waals surface area contributed by atoms with E-state index in [0.717, 1.165) is 16.8 Å². The molecule has 2 nitrogen and oxygen atoms in total. The van der Waals surface area contributed by atoms with Gasteiger partial charge in [-0.15, -0.1) is 0 Å². The second-order valence-electron chi connectivity index (χ2n) is 4.79. The highest BCUT2D eigenvalue weighted by Gasteiger charge is 2.13. The van der Waals surface area contributed by atoms with Crippen LogP contribution in [0, 0.1) is 6.92 Å². The Labute approximate surface area is 114 Å². The topological polar surface area (TPSA) is 16.1 Å². The Balaban J connectivity index is 2.82. The van der Waals surface area contributed by atoms with Crippen LogP contribution >= 0.6 is 15.9 Å². The average Bonchev–Trinajstić information content (AvgIpc) is 2.25. The van der Waals surface area contributed by atoms with E-state index in [2.05, 4.69) is 59.6 Å². The number of nitrogens with zero attached hydrogens (tertiary/aromatic N) is 2. The molecule has 1 aromatic rings. The van der Waals surface area contributed by atoms with E-state index in [0.29, 0.717) is 6.04 Å². The molecule has 0 aliphatic carbocycles. The van der Waals surface area contributed by atoms with Crippen molar-refractivity contribution < 1.29 is 0 Å². The number of pyridine rings is 1. The molecule has 0 fully saturated rings. The summed E-state index contributed by atoms with van der Waals surface area (Å²) in [5, 5.41) is 0. The highest BCUT2D eigenvalue weighted by atomic mass is 79.9. The van der Waals surface area contributed by atoms with Crippen LogP contribution in [0.5, 0.6) is 0 Å². The average molecular weight is 299 g/mol. The van der Waals surface area contributed by atoms with E-state index in [1.54, 1.807) is 0 Å². The maximum absolute atomic E-state index is 4.56. The second kappa shape index (κ2) is 7.00. The fourth-order valence-corrected chi connectivity index (χ4v) is 2.42. The molecule has 1 rings (SSSR count). The standard InChI is InChI=1S/C14H23BrN2/c1-5-6-7-8-17(11(2)3)14-12(4)9-13(15)10-16-14/h9-11H,5-8H2,1-4H3. The van der Waals surface area contributed by atoms with Crippen LogP contribution < -0.4 is 4.90 Å². The zero-order valence-electron chi connectivity index (χ0n) is 11.3. The minimum absolute atomic E-state index is 0.499. The van der Waals surface area contributed by atoms with E-state index < -0.39 is 0 Å². The first-order valence-electron chi connectivity index (χ1n) is 6.45. The van der Waals surface area contributed by atoms with Gasteiger partial charge >= 0.3 is 0 Å². The van der Waals surface area contributed by atoms with Crippen LogP contribution in [0.15, 0.2) is 16.7 Å². The summed E-state index contributed by atoms with van der Waals surface area (Å²) in [7, 11) is 0. The largest absolute Gasteiger partial charge is 0.354 e. The lowest BCUT2D eigenvalue weighted by Crippen LogP contribution is -2.33. The van der Waals surface area contributed by atoms with Crippen molar-refractivity contribution in [3.8, 4) is 0 Å². The van der Waals surface area contributed by atoms with Crippen molar-refractivity contribution >= 4 is 21.7 Å². The normalized spacial score (nSPS) is 10.9. The quantitative estimate of drug-likeness (QED) is 0.716. The number of hydrogen-bond acceptors (Lipinski definition) is 2. The number of rotatable bonds is 6. The number of unbranched alkanes of at least 4 members (excludes halogenated alkanes) is 2.